The molecule has 0 unspecified atom stereocenters. The maximum Gasteiger partial charge on any atom is 0.232 e. The fourth-order valence-corrected chi connectivity index (χ4v) is 3.88. The first kappa shape index (κ1) is 19.0. The molecule has 1 heterocycles. The Morgan fingerprint density at radius 3 is 2.92 bits per heavy atom. The largest absolute Gasteiger partial charge is 0.491 e. The molecule has 24 heavy (non-hydrogen) atoms. The van der Waals surface area contributed by atoms with Crippen molar-refractivity contribution in [3.63, 3.8) is 0 Å². The van der Waals surface area contributed by atoms with Crippen LogP contribution in [0.2, 0.25) is 0 Å². The van der Waals surface area contributed by atoms with Gasteiger partial charge < -0.3 is 15.4 Å². The molecule has 1 saturated carbocycles. The highest BCUT2D eigenvalue weighted by molar-refractivity contribution is 5.96. The van der Waals surface area contributed by atoms with Crippen LogP contribution < -0.4 is 15.4 Å². The number of hydrogen-bond acceptors (Lipinski definition) is 3. The molecule has 1 saturated heterocycles. The maximum atomic E-state index is 14.3. The molecule has 2 aliphatic rings. The molecular weight excluding hydrogens is 331 g/mol. The van der Waals surface area contributed by atoms with Crippen LogP contribution in [0.15, 0.2) is 18.2 Å². The Morgan fingerprint density at radius 1 is 1.42 bits per heavy atom. The molecule has 3 rings (SSSR count). The lowest BCUT2D eigenvalue weighted by Crippen LogP contribution is -2.44. The minimum Gasteiger partial charge on any atom is -0.491 e. The summed E-state index contributed by atoms with van der Waals surface area (Å²) >= 11 is 0. The molecule has 1 aromatic carbocycles. The Kier molecular flexibility index (Phi) is 6.10. The van der Waals surface area contributed by atoms with Crippen molar-refractivity contribution in [2.24, 2.45) is 11.3 Å². The van der Waals surface area contributed by atoms with E-state index in [0.717, 1.165) is 25.8 Å². The number of amides is 1. The Balaban J connectivity index is 0.00000208. The molecule has 0 radical (unpaired) electrons. The molecule has 0 aromatic heterocycles. The van der Waals surface area contributed by atoms with E-state index in [1.54, 1.807) is 12.1 Å². The minimum absolute atomic E-state index is 0. The second kappa shape index (κ2) is 7.70. The van der Waals surface area contributed by atoms with Crippen LogP contribution in [0, 0.1) is 17.2 Å². The topological polar surface area (TPSA) is 50.4 Å². The van der Waals surface area contributed by atoms with Crippen LogP contribution in [-0.4, -0.2) is 25.1 Å². The molecule has 1 aliphatic carbocycles. The molecular formula is C18H26ClFN2O2. The van der Waals surface area contributed by atoms with Gasteiger partial charge >= 0.3 is 0 Å². The molecule has 134 valence electrons. The van der Waals surface area contributed by atoms with Crippen LogP contribution in [0.1, 0.15) is 39.5 Å². The van der Waals surface area contributed by atoms with Crippen molar-refractivity contribution in [2.45, 2.75) is 45.6 Å². The smallest absolute Gasteiger partial charge is 0.232 e. The number of hydrogen-bond donors (Lipinski definition) is 2. The van der Waals surface area contributed by atoms with Crippen LogP contribution in [0.5, 0.6) is 5.75 Å². The average molecular weight is 357 g/mol. The number of nitrogens with one attached hydrogen (secondary N) is 2. The van der Waals surface area contributed by atoms with Gasteiger partial charge in [0.25, 0.3) is 0 Å². The van der Waals surface area contributed by atoms with E-state index in [-0.39, 0.29) is 35.5 Å². The predicted octanol–water partition coefficient (Wildman–Crippen LogP) is 3.75. The van der Waals surface area contributed by atoms with Gasteiger partial charge in [-0.3, -0.25) is 4.79 Å². The molecule has 1 aliphatic heterocycles. The number of carbonyl (C=O) groups is 1. The van der Waals surface area contributed by atoms with E-state index in [4.69, 9.17) is 4.74 Å². The number of anilines is 1. The Bertz CT molecular complexity index is 596. The van der Waals surface area contributed by atoms with Gasteiger partial charge in [0, 0.05) is 12.6 Å². The summed E-state index contributed by atoms with van der Waals surface area (Å²) in [5.74, 6) is 0.337. The standard InChI is InChI=1S/C18H25FN2O2.ClH/c1-12(2)23-14-6-7-16(15(19)9-14)21-17(22)18-8-4-3-5-13(18)10-20-11-18;/h6-7,9,12-13,20H,3-5,8,10-11H2,1-2H3,(H,21,22);1H/t13-,18+;/m0./s1. The lowest BCUT2D eigenvalue weighted by Gasteiger charge is -2.37. The van der Waals surface area contributed by atoms with Gasteiger partial charge in [0.05, 0.1) is 17.2 Å². The Hall–Kier alpha value is -1.33. The van der Waals surface area contributed by atoms with E-state index < -0.39 is 5.82 Å². The van der Waals surface area contributed by atoms with Crippen LogP contribution >= 0.6 is 12.4 Å². The van der Waals surface area contributed by atoms with Crippen LogP contribution in [0.25, 0.3) is 0 Å². The van der Waals surface area contributed by atoms with E-state index >= 15 is 0 Å². The summed E-state index contributed by atoms with van der Waals surface area (Å²) in [5, 5.41) is 6.16. The van der Waals surface area contributed by atoms with Crippen molar-refractivity contribution in [1.29, 1.82) is 0 Å². The van der Waals surface area contributed by atoms with E-state index in [1.165, 1.54) is 12.5 Å². The second-order valence-electron chi connectivity index (χ2n) is 6.99. The number of halogens is 2. The van der Waals surface area contributed by atoms with Crippen LogP contribution in [0.4, 0.5) is 10.1 Å². The highest BCUT2D eigenvalue weighted by atomic mass is 35.5. The van der Waals surface area contributed by atoms with Crippen molar-refractivity contribution < 1.29 is 13.9 Å². The summed E-state index contributed by atoms with van der Waals surface area (Å²) in [6, 6.07) is 4.61. The van der Waals surface area contributed by atoms with E-state index in [1.807, 2.05) is 13.8 Å². The number of rotatable bonds is 4. The SMILES string of the molecule is CC(C)Oc1ccc(NC(=O)[C@@]23CCCC[C@H]2CNC3)c(F)c1.Cl. The normalized spacial score (nSPS) is 25.8. The number of fused-ring (bicyclic) bond motifs is 1. The second-order valence-corrected chi connectivity index (χ2v) is 6.99. The summed E-state index contributed by atoms with van der Waals surface area (Å²) < 4.78 is 19.7. The Labute approximate surface area is 148 Å². The van der Waals surface area contributed by atoms with Gasteiger partial charge in [0.15, 0.2) is 0 Å². The highest BCUT2D eigenvalue weighted by Crippen LogP contribution is 2.44. The zero-order valence-electron chi connectivity index (χ0n) is 14.2. The minimum atomic E-state index is -0.453. The van der Waals surface area contributed by atoms with Crippen molar-refractivity contribution in [3.05, 3.63) is 24.0 Å². The van der Waals surface area contributed by atoms with Gasteiger partial charge in [-0.25, -0.2) is 4.39 Å². The van der Waals surface area contributed by atoms with E-state index in [2.05, 4.69) is 10.6 Å². The zero-order chi connectivity index (χ0) is 16.4. The predicted molar refractivity (Wildman–Crippen MR) is 95.3 cm³/mol. The van der Waals surface area contributed by atoms with Gasteiger partial charge in [0.1, 0.15) is 11.6 Å². The number of ether oxygens (including phenoxy) is 1. The summed E-state index contributed by atoms with van der Waals surface area (Å²) in [7, 11) is 0. The molecule has 2 N–H and O–H groups in total. The number of benzene rings is 1. The number of carbonyl (C=O) groups excluding carboxylic acids is 1. The van der Waals surface area contributed by atoms with Gasteiger partial charge in [-0.2, -0.15) is 0 Å². The van der Waals surface area contributed by atoms with Crippen molar-refractivity contribution in [2.75, 3.05) is 18.4 Å². The summed E-state index contributed by atoms with van der Waals surface area (Å²) in [4.78, 5) is 12.8. The van der Waals surface area contributed by atoms with Crippen molar-refractivity contribution >= 4 is 24.0 Å². The zero-order valence-corrected chi connectivity index (χ0v) is 15.0. The van der Waals surface area contributed by atoms with Crippen molar-refractivity contribution in [3.8, 4) is 5.75 Å². The first-order chi connectivity index (χ1) is 11.0. The van der Waals surface area contributed by atoms with Gasteiger partial charge in [-0.15, -0.1) is 12.4 Å². The lowest BCUT2D eigenvalue weighted by atomic mass is 9.67. The fourth-order valence-electron chi connectivity index (χ4n) is 3.88. The fraction of sp³-hybridized carbons (Fsp3) is 0.611. The molecule has 2 fully saturated rings. The third-order valence-corrected chi connectivity index (χ3v) is 5.05. The average Bonchev–Trinajstić information content (AvgIpc) is 2.94. The summed E-state index contributed by atoms with van der Waals surface area (Å²) in [5.41, 5.74) is -0.144. The monoisotopic (exact) mass is 356 g/mol. The van der Waals surface area contributed by atoms with Crippen LogP contribution in [-0.2, 0) is 4.79 Å². The highest BCUT2D eigenvalue weighted by Gasteiger charge is 2.49. The third-order valence-electron chi connectivity index (χ3n) is 5.05. The first-order valence-electron chi connectivity index (χ1n) is 8.50. The van der Waals surface area contributed by atoms with E-state index in [0.29, 0.717) is 18.2 Å². The molecule has 0 bridgehead atoms. The quantitative estimate of drug-likeness (QED) is 0.863. The molecule has 1 aromatic rings. The summed E-state index contributed by atoms with van der Waals surface area (Å²) in [6.07, 6.45) is 4.18. The molecule has 2 atom stereocenters. The van der Waals surface area contributed by atoms with Crippen LogP contribution in [0.3, 0.4) is 0 Å². The van der Waals surface area contributed by atoms with Gasteiger partial charge in [-0.1, -0.05) is 12.8 Å². The third kappa shape index (κ3) is 3.67. The maximum absolute atomic E-state index is 14.3. The van der Waals surface area contributed by atoms with Crippen molar-refractivity contribution in [1.82, 2.24) is 5.32 Å². The molecule has 0 spiro atoms. The molecule has 4 nitrogen and oxygen atoms in total. The lowest BCUT2D eigenvalue weighted by molar-refractivity contribution is -0.128. The Morgan fingerprint density at radius 2 is 2.21 bits per heavy atom. The summed E-state index contributed by atoms with van der Waals surface area (Å²) in [6.45, 7) is 5.36. The molecule has 6 heteroatoms. The van der Waals surface area contributed by atoms with E-state index in [9.17, 15) is 9.18 Å². The van der Waals surface area contributed by atoms with Gasteiger partial charge in [-0.05, 0) is 51.3 Å². The molecule has 1 amide bonds. The van der Waals surface area contributed by atoms with Gasteiger partial charge in [0.2, 0.25) is 5.91 Å². The first-order valence-corrected chi connectivity index (χ1v) is 8.50.